The minimum absolute atomic E-state index is 0.153. The van der Waals surface area contributed by atoms with Crippen LogP contribution in [0.15, 0.2) is 47.6 Å². The zero-order valence-corrected chi connectivity index (χ0v) is 21.8. The second kappa shape index (κ2) is 11.6. The molecule has 0 radical (unpaired) electrons. The smallest absolute Gasteiger partial charge is 0.258 e. The second-order valence-corrected chi connectivity index (χ2v) is 8.45. The number of H-pyrrole nitrogens is 1. The summed E-state index contributed by atoms with van der Waals surface area (Å²) in [5, 5.41) is 6.58. The predicted molar refractivity (Wildman–Crippen MR) is 143 cm³/mol. The molecule has 38 heavy (non-hydrogen) atoms. The lowest BCUT2D eigenvalue weighted by Crippen LogP contribution is -2.37. The van der Waals surface area contributed by atoms with Crippen molar-refractivity contribution in [1.82, 2.24) is 20.3 Å². The molecular formula is C27H29FN6O4. The van der Waals surface area contributed by atoms with Gasteiger partial charge in [-0.3, -0.25) is 20.4 Å². The average molecular weight is 521 g/mol. The van der Waals surface area contributed by atoms with Crippen molar-refractivity contribution in [3.63, 3.8) is 0 Å². The van der Waals surface area contributed by atoms with Crippen molar-refractivity contribution in [1.29, 1.82) is 0 Å². The first-order valence-electron chi connectivity index (χ1n) is 11.8. The number of fused-ring (bicyclic) bond motifs is 1. The number of methoxy groups -OCH3 is 3. The zero-order chi connectivity index (χ0) is 27.2. The highest BCUT2D eigenvalue weighted by Crippen LogP contribution is 2.38. The van der Waals surface area contributed by atoms with E-state index in [0.717, 1.165) is 27.9 Å². The van der Waals surface area contributed by atoms with Crippen LogP contribution in [0.25, 0.3) is 10.9 Å². The Balaban J connectivity index is 1.60. The van der Waals surface area contributed by atoms with E-state index in [1.165, 1.54) is 33.5 Å². The highest BCUT2D eigenvalue weighted by atomic mass is 19.1. The number of hydrogen-bond acceptors (Lipinski definition) is 7. The fourth-order valence-corrected chi connectivity index (χ4v) is 4.04. The number of anilines is 1. The van der Waals surface area contributed by atoms with E-state index in [4.69, 9.17) is 14.2 Å². The average Bonchev–Trinajstić information content (AvgIpc) is 3.28. The number of rotatable bonds is 8. The number of nitrogens with one attached hydrogen (secondary N) is 3. The van der Waals surface area contributed by atoms with E-state index in [0.29, 0.717) is 36.2 Å². The summed E-state index contributed by atoms with van der Waals surface area (Å²) < 4.78 is 29.8. The molecule has 10 nitrogen and oxygen atoms in total. The molecule has 4 rings (SSSR count). The maximum atomic E-state index is 13.8. The van der Waals surface area contributed by atoms with Crippen molar-refractivity contribution in [2.45, 2.75) is 20.3 Å². The first kappa shape index (κ1) is 26.4. The molecule has 11 heteroatoms. The van der Waals surface area contributed by atoms with Crippen molar-refractivity contribution in [2.75, 3.05) is 33.2 Å². The number of ether oxygens (including phenoxy) is 3. The molecule has 0 atom stereocenters. The second-order valence-electron chi connectivity index (χ2n) is 8.45. The number of halogens is 1. The van der Waals surface area contributed by atoms with Crippen LogP contribution < -0.4 is 24.8 Å². The number of carbonyl (C=O) groups is 1. The van der Waals surface area contributed by atoms with Gasteiger partial charge in [-0.05, 0) is 62.2 Å². The number of amides is 1. The third kappa shape index (κ3) is 6.00. The van der Waals surface area contributed by atoms with Crippen LogP contribution in [-0.2, 0) is 6.42 Å². The van der Waals surface area contributed by atoms with Gasteiger partial charge in [-0.25, -0.2) is 14.4 Å². The molecule has 2 aromatic carbocycles. The fourth-order valence-electron chi connectivity index (χ4n) is 4.04. The van der Waals surface area contributed by atoms with Gasteiger partial charge in [0.15, 0.2) is 11.5 Å². The molecule has 3 N–H and O–H groups in total. The van der Waals surface area contributed by atoms with E-state index >= 15 is 0 Å². The van der Waals surface area contributed by atoms with Crippen molar-refractivity contribution < 1.29 is 23.4 Å². The van der Waals surface area contributed by atoms with Gasteiger partial charge in [0.25, 0.3) is 5.91 Å². The van der Waals surface area contributed by atoms with Crippen LogP contribution in [0.1, 0.15) is 27.3 Å². The zero-order valence-electron chi connectivity index (χ0n) is 21.8. The summed E-state index contributed by atoms with van der Waals surface area (Å²) in [5.74, 6) is 0.723. The maximum Gasteiger partial charge on any atom is 0.258 e. The van der Waals surface area contributed by atoms with Gasteiger partial charge in [0.05, 0.1) is 21.3 Å². The van der Waals surface area contributed by atoms with E-state index in [1.807, 2.05) is 26.1 Å². The molecule has 0 bridgehead atoms. The van der Waals surface area contributed by atoms with Gasteiger partial charge in [0.1, 0.15) is 5.82 Å². The highest BCUT2D eigenvalue weighted by molar-refractivity contribution is 6.10. The van der Waals surface area contributed by atoms with Crippen molar-refractivity contribution in [2.24, 2.45) is 4.99 Å². The number of aromatic amines is 1. The minimum atomic E-state index is -0.464. The topological polar surface area (TPSA) is 123 Å². The van der Waals surface area contributed by atoms with E-state index in [-0.39, 0.29) is 17.3 Å². The Kier molecular flexibility index (Phi) is 8.05. The van der Waals surface area contributed by atoms with Crippen LogP contribution in [0.4, 0.5) is 10.3 Å². The Morgan fingerprint density at radius 3 is 2.32 bits per heavy atom. The Morgan fingerprint density at radius 2 is 1.68 bits per heavy atom. The molecular weight excluding hydrogens is 491 g/mol. The van der Waals surface area contributed by atoms with E-state index in [1.54, 1.807) is 18.2 Å². The van der Waals surface area contributed by atoms with Crippen LogP contribution in [0.5, 0.6) is 17.2 Å². The Labute approximate surface area is 219 Å². The Morgan fingerprint density at radius 1 is 1.00 bits per heavy atom. The maximum absolute atomic E-state index is 13.8. The molecule has 0 saturated heterocycles. The molecule has 4 aromatic rings. The summed E-state index contributed by atoms with van der Waals surface area (Å²) in [6.45, 7) is 3.99. The molecule has 0 saturated carbocycles. The van der Waals surface area contributed by atoms with Crippen molar-refractivity contribution >= 4 is 28.7 Å². The number of carbonyl (C=O) groups excluding carboxylic acids is 1. The summed E-state index contributed by atoms with van der Waals surface area (Å²) in [6.07, 6.45) is 2.33. The number of aromatic nitrogens is 3. The lowest BCUT2D eigenvalue weighted by molar-refractivity contribution is 0.0976. The lowest BCUT2D eigenvalue weighted by Gasteiger charge is -2.15. The summed E-state index contributed by atoms with van der Waals surface area (Å²) >= 11 is 0. The fraction of sp³-hybridized carbons (Fsp3) is 0.259. The minimum Gasteiger partial charge on any atom is -0.493 e. The van der Waals surface area contributed by atoms with Gasteiger partial charge in [0.2, 0.25) is 17.7 Å². The van der Waals surface area contributed by atoms with E-state index in [9.17, 15) is 9.18 Å². The molecule has 0 aliphatic carbocycles. The number of aliphatic imine (C=N–C) groups is 1. The standard InChI is InChI=1S/C27H29FN6O4/c1-15-10-16(2)32-27(31-15)34-26(29-9-8-17-14-30-21-7-6-19(28)13-20(17)21)33-25(35)18-11-22(36-3)24(38-5)23(12-18)37-4/h6-7,10-14,30H,8-9H2,1-5H3,(H2,29,31,32,33,34,35). The number of benzene rings is 2. The largest absolute Gasteiger partial charge is 0.493 e. The number of guanidine groups is 1. The molecule has 0 aliphatic heterocycles. The van der Waals surface area contributed by atoms with Crippen LogP contribution in [0, 0.1) is 19.7 Å². The first-order chi connectivity index (χ1) is 18.3. The van der Waals surface area contributed by atoms with Gasteiger partial charge in [-0.15, -0.1) is 0 Å². The Bertz CT molecular complexity index is 1460. The molecule has 2 aromatic heterocycles. The van der Waals surface area contributed by atoms with Crippen LogP contribution >= 0.6 is 0 Å². The summed E-state index contributed by atoms with van der Waals surface area (Å²) in [7, 11) is 4.43. The third-order valence-electron chi connectivity index (χ3n) is 5.75. The third-order valence-corrected chi connectivity index (χ3v) is 5.75. The number of hydrogen-bond donors (Lipinski definition) is 3. The van der Waals surface area contributed by atoms with Crippen molar-refractivity contribution in [3.05, 3.63) is 70.9 Å². The quantitative estimate of drug-likeness (QED) is 0.235. The molecule has 2 heterocycles. The molecule has 0 spiro atoms. The highest BCUT2D eigenvalue weighted by Gasteiger charge is 2.18. The first-order valence-corrected chi connectivity index (χ1v) is 11.8. The molecule has 0 fully saturated rings. The van der Waals surface area contributed by atoms with E-state index in [2.05, 4.69) is 30.6 Å². The Hall–Kier alpha value is -4.67. The lowest BCUT2D eigenvalue weighted by atomic mass is 10.1. The van der Waals surface area contributed by atoms with Gasteiger partial charge in [-0.2, -0.15) is 0 Å². The van der Waals surface area contributed by atoms with Crippen LogP contribution in [0.2, 0.25) is 0 Å². The van der Waals surface area contributed by atoms with Gasteiger partial charge in [-0.1, -0.05) is 0 Å². The molecule has 1 amide bonds. The number of aryl methyl sites for hydroxylation is 2. The van der Waals surface area contributed by atoms with Crippen LogP contribution in [-0.4, -0.2) is 54.7 Å². The predicted octanol–water partition coefficient (Wildman–Crippen LogP) is 4.18. The van der Waals surface area contributed by atoms with E-state index < -0.39 is 5.91 Å². The normalized spacial score (nSPS) is 11.4. The SMILES string of the molecule is COc1cc(C(=O)NC(=NCCc2c[nH]c3ccc(F)cc23)Nc2nc(C)cc(C)n2)cc(OC)c1OC. The molecule has 198 valence electrons. The van der Waals surface area contributed by atoms with Gasteiger partial charge < -0.3 is 19.2 Å². The van der Waals surface area contributed by atoms with Gasteiger partial charge in [0, 0.05) is 40.6 Å². The van der Waals surface area contributed by atoms with Crippen molar-refractivity contribution in [3.8, 4) is 17.2 Å². The monoisotopic (exact) mass is 520 g/mol. The molecule has 0 aliphatic rings. The number of nitrogens with zero attached hydrogens (tertiary/aromatic N) is 3. The summed E-state index contributed by atoms with van der Waals surface area (Å²) in [4.78, 5) is 29.7. The van der Waals surface area contributed by atoms with Gasteiger partial charge >= 0.3 is 0 Å². The summed E-state index contributed by atoms with van der Waals surface area (Å²) in [6, 6.07) is 9.52. The molecule has 0 unspecified atom stereocenters. The summed E-state index contributed by atoms with van der Waals surface area (Å²) in [5.41, 5.74) is 3.53. The van der Waals surface area contributed by atoms with Crippen LogP contribution in [0.3, 0.4) is 0 Å².